The van der Waals surface area contributed by atoms with E-state index in [9.17, 15) is 5.11 Å². The van der Waals surface area contributed by atoms with Crippen molar-refractivity contribution in [3.05, 3.63) is 63.6 Å². The average Bonchev–Trinajstić information content (AvgIpc) is 2.48. The summed E-state index contributed by atoms with van der Waals surface area (Å²) in [5, 5.41) is 10.8. The van der Waals surface area contributed by atoms with Gasteiger partial charge < -0.3 is 15.6 Å². The van der Waals surface area contributed by atoms with E-state index in [1.54, 1.807) is 7.11 Å². The van der Waals surface area contributed by atoms with E-state index in [1.807, 2.05) is 43.3 Å². The number of benzene rings is 2. The van der Waals surface area contributed by atoms with Gasteiger partial charge in [-0.1, -0.05) is 45.8 Å². The van der Waals surface area contributed by atoms with Gasteiger partial charge in [0.15, 0.2) is 0 Å². The second-order valence-corrected chi connectivity index (χ2v) is 5.94. The molecule has 0 aliphatic carbocycles. The van der Waals surface area contributed by atoms with Crippen LogP contribution in [0.5, 0.6) is 5.75 Å². The number of aliphatic hydroxyl groups excluding tert-OH is 1. The number of rotatable bonds is 5. The molecule has 0 fully saturated rings. The predicted octanol–water partition coefficient (Wildman–Crippen LogP) is 3.54. The molecule has 2 unspecified atom stereocenters. The topological polar surface area (TPSA) is 55.5 Å². The standard InChI is InChI=1S/C17H20BrNO2/c1-11-4-3-5-12(8-11)15(10-19)17(20)14-9-13(21-2)6-7-16(14)18/h3-9,15,17,20H,10,19H2,1-2H3. The minimum atomic E-state index is -0.693. The Balaban J connectivity index is 2.38. The first kappa shape index (κ1) is 16.0. The normalized spacial score (nSPS) is 13.8. The van der Waals surface area contributed by atoms with Crippen molar-refractivity contribution in [1.29, 1.82) is 0 Å². The van der Waals surface area contributed by atoms with E-state index in [2.05, 4.69) is 22.0 Å². The van der Waals surface area contributed by atoms with Crippen molar-refractivity contribution in [2.24, 2.45) is 5.73 Å². The molecule has 112 valence electrons. The van der Waals surface area contributed by atoms with Gasteiger partial charge in [-0.2, -0.15) is 0 Å². The summed E-state index contributed by atoms with van der Waals surface area (Å²) in [6.45, 7) is 2.40. The fourth-order valence-corrected chi connectivity index (χ4v) is 2.92. The Bertz CT molecular complexity index is 615. The number of ether oxygens (including phenoxy) is 1. The second-order valence-electron chi connectivity index (χ2n) is 5.09. The van der Waals surface area contributed by atoms with Gasteiger partial charge in [0.2, 0.25) is 0 Å². The van der Waals surface area contributed by atoms with Crippen LogP contribution in [0.4, 0.5) is 0 Å². The van der Waals surface area contributed by atoms with Gasteiger partial charge in [-0.15, -0.1) is 0 Å². The molecule has 0 bridgehead atoms. The maximum atomic E-state index is 10.8. The summed E-state index contributed by atoms with van der Waals surface area (Å²) in [5.41, 5.74) is 8.89. The molecule has 0 heterocycles. The van der Waals surface area contributed by atoms with E-state index in [-0.39, 0.29) is 5.92 Å². The van der Waals surface area contributed by atoms with E-state index in [1.165, 1.54) is 0 Å². The minimum Gasteiger partial charge on any atom is -0.497 e. The molecule has 2 aromatic rings. The zero-order valence-electron chi connectivity index (χ0n) is 12.2. The number of methoxy groups -OCH3 is 1. The molecular weight excluding hydrogens is 330 g/mol. The van der Waals surface area contributed by atoms with Crippen LogP contribution in [0.1, 0.15) is 28.7 Å². The van der Waals surface area contributed by atoms with Crippen LogP contribution in [0.15, 0.2) is 46.9 Å². The fourth-order valence-electron chi connectivity index (χ4n) is 2.44. The van der Waals surface area contributed by atoms with Crippen LogP contribution in [-0.4, -0.2) is 18.8 Å². The molecule has 4 heteroatoms. The van der Waals surface area contributed by atoms with Gasteiger partial charge in [0.05, 0.1) is 13.2 Å². The highest BCUT2D eigenvalue weighted by molar-refractivity contribution is 9.10. The molecule has 3 N–H and O–H groups in total. The molecule has 3 nitrogen and oxygen atoms in total. The number of hydrogen-bond donors (Lipinski definition) is 2. The summed E-state index contributed by atoms with van der Waals surface area (Å²) < 4.78 is 6.08. The summed E-state index contributed by atoms with van der Waals surface area (Å²) in [6, 6.07) is 13.7. The Morgan fingerprint density at radius 3 is 2.62 bits per heavy atom. The van der Waals surface area contributed by atoms with Crippen LogP contribution < -0.4 is 10.5 Å². The zero-order valence-corrected chi connectivity index (χ0v) is 13.8. The molecule has 2 atom stereocenters. The number of aryl methyl sites for hydroxylation is 1. The molecule has 0 saturated heterocycles. The van der Waals surface area contributed by atoms with Gasteiger partial charge in [0.25, 0.3) is 0 Å². The lowest BCUT2D eigenvalue weighted by molar-refractivity contribution is 0.146. The lowest BCUT2D eigenvalue weighted by atomic mass is 9.88. The SMILES string of the molecule is COc1ccc(Br)c(C(O)C(CN)c2cccc(C)c2)c1. The number of halogens is 1. The molecule has 0 radical (unpaired) electrons. The summed E-state index contributed by atoms with van der Waals surface area (Å²) in [6.07, 6.45) is -0.693. The van der Waals surface area contributed by atoms with Gasteiger partial charge in [-0.3, -0.25) is 0 Å². The minimum absolute atomic E-state index is 0.159. The molecule has 0 aromatic heterocycles. The highest BCUT2D eigenvalue weighted by Gasteiger charge is 2.24. The first-order chi connectivity index (χ1) is 10.1. The van der Waals surface area contributed by atoms with E-state index >= 15 is 0 Å². The smallest absolute Gasteiger partial charge is 0.119 e. The van der Waals surface area contributed by atoms with Crippen LogP contribution in [0.3, 0.4) is 0 Å². The van der Waals surface area contributed by atoms with Crippen molar-refractivity contribution in [3.63, 3.8) is 0 Å². The zero-order chi connectivity index (χ0) is 15.4. The molecular formula is C17H20BrNO2. The van der Waals surface area contributed by atoms with Crippen molar-refractivity contribution in [1.82, 2.24) is 0 Å². The molecule has 0 aliphatic rings. The Hall–Kier alpha value is -1.36. The van der Waals surface area contributed by atoms with Gasteiger partial charge in [0.1, 0.15) is 5.75 Å². The third kappa shape index (κ3) is 3.64. The Morgan fingerprint density at radius 2 is 2.00 bits per heavy atom. The molecule has 0 aliphatic heterocycles. The lowest BCUT2D eigenvalue weighted by Gasteiger charge is -2.24. The van der Waals surface area contributed by atoms with Crippen molar-refractivity contribution >= 4 is 15.9 Å². The summed E-state index contributed by atoms with van der Waals surface area (Å²) in [7, 11) is 1.61. The predicted molar refractivity (Wildman–Crippen MR) is 88.6 cm³/mol. The molecule has 21 heavy (non-hydrogen) atoms. The van der Waals surface area contributed by atoms with Gasteiger partial charge in [-0.05, 0) is 36.2 Å². The summed E-state index contributed by atoms with van der Waals surface area (Å²) in [5.74, 6) is 0.556. The Labute approximate surface area is 133 Å². The first-order valence-electron chi connectivity index (χ1n) is 6.85. The summed E-state index contributed by atoms with van der Waals surface area (Å²) >= 11 is 3.49. The third-order valence-corrected chi connectivity index (χ3v) is 4.35. The average molecular weight is 350 g/mol. The van der Waals surface area contributed by atoms with Crippen molar-refractivity contribution < 1.29 is 9.84 Å². The van der Waals surface area contributed by atoms with Gasteiger partial charge in [-0.25, -0.2) is 0 Å². The van der Waals surface area contributed by atoms with E-state index in [0.717, 1.165) is 21.2 Å². The second kappa shape index (κ2) is 7.07. The number of hydrogen-bond acceptors (Lipinski definition) is 3. The van der Waals surface area contributed by atoms with Gasteiger partial charge >= 0.3 is 0 Å². The van der Waals surface area contributed by atoms with Crippen LogP contribution in [0.2, 0.25) is 0 Å². The molecule has 0 spiro atoms. The molecule has 2 aromatic carbocycles. The lowest BCUT2D eigenvalue weighted by Crippen LogP contribution is -2.20. The maximum Gasteiger partial charge on any atom is 0.119 e. The number of nitrogens with two attached hydrogens (primary N) is 1. The van der Waals surface area contributed by atoms with Gasteiger partial charge in [0, 0.05) is 16.9 Å². The third-order valence-electron chi connectivity index (χ3n) is 3.63. The summed E-state index contributed by atoms with van der Waals surface area (Å²) in [4.78, 5) is 0. The van der Waals surface area contributed by atoms with E-state index < -0.39 is 6.10 Å². The van der Waals surface area contributed by atoms with Crippen LogP contribution in [0.25, 0.3) is 0 Å². The molecule has 0 saturated carbocycles. The Kier molecular flexibility index (Phi) is 5.39. The van der Waals surface area contributed by atoms with Crippen molar-refractivity contribution in [2.45, 2.75) is 18.9 Å². The van der Waals surface area contributed by atoms with Crippen LogP contribution in [0, 0.1) is 6.92 Å². The monoisotopic (exact) mass is 349 g/mol. The quantitative estimate of drug-likeness (QED) is 0.867. The first-order valence-corrected chi connectivity index (χ1v) is 7.64. The largest absolute Gasteiger partial charge is 0.497 e. The molecule has 2 rings (SSSR count). The van der Waals surface area contributed by atoms with E-state index in [0.29, 0.717) is 12.3 Å². The van der Waals surface area contributed by atoms with Crippen molar-refractivity contribution in [2.75, 3.05) is 13.7 Å². The maximum absolute atomic E-state index is 10.8. The molecule has 0 amide bonds. The van der Waals surface area contributed by atoms with Crippen LogP contribution in [-0.2, 0) is 0 Å². The highest BCUT2D eigenvalue weighted by Crippen LogP contribution is 2.36. The number of aliphatic hydroxyl groups is 1. The van der Waals surface area contributed by atoms with E-state index in [4.69, 9.17) is 10.5 Å². The van der Waals surface area contributed by atoms with Crippen LogP contribution >= 0.6 is 15.9 Å². The fraction of sp³-hybridized carbons (Fsp3) is 0.294. The van der Waals surface area contributed by atoms with Crippen molar-refractivity contribution in [3.8, 4) is 5.75 Å². The Morgan fingerprint density at radius 1 is 1.24 bits per heavy atom. The highest BCUT2D eigenvalue weighted by atomic mass is 79.9.